The van der Waals surface area contributed by atoms with Crippen LogP contribution in [0.4, 0.5) is 0 Å². The monoisotopic (exact) mass is 417 g/mol. The van der Waals surface area contributed by atoms with Crippen LogP contribution >= 0.6 is 0 Å². The molecule has 0 saturated carbocycles. The second kappa shape index (κ2) is 11.5. The maximum atomic E-state index is 12.0. The van der Waals surface area contributed by atoms with Crippen molar-refractivity contribution in [2.24, 2.45) is 0 Å². The van der Waals surface area contributed by atoms with Gasteiger partial charge in [-0.3, -0.25) is 9.59 Å². The molecular formula is C22H27NO7. The first kappa shape index (κ1) is 22.9. The van der Waals surface area contributed by atoms with Crippen LogP contribution in [0.5, 0.6) is 23.0 Å². The van der Waals surface area contributed by atoms with Crippen molar-refractivity contribution in [2.45, 2.75) is 19.4 Å². The lowest BCUT2D eigenvalue weighted by atomic mass is 10.1. The number of hydrogen-bond acceptors (Lipinski definition) is 7. The van der Waals surface area contributed by atoms with E-state index >= 15 is 0 Å². The summed E-state index contributed by atoms with van der Waals surface area (Å²) < 4.78 is 26.0. The third-order valence-corrected chi connectivity index (χ3v) is 4.40. The summed E-state index contributed by atoms with van der Waals surface area (Å²) in [5, 5.41) is 2.70. The lowest BCUT2D eigenvalue weighted by molar-refractivity contribution is -0.148. The van der Waals surface area contributed by atoms with Gasteiger partial charge >= 0.3 is 5.97 Å². The molecule has 0 bridgehead atoms. The van der Waals surface area contributed by atoms with Gasteiger partial charge in [0.15, 0.2) is 18.1 Å². The summed E-state index contributed by atoms with van der Waals surface area (Å²) >= 11 is 0. The minimum Gasteiger partial charge on any atom is -0.497 e. The van der Waals surface area contributed by atoms with E-state index in [1.165, 1.54) is 21.3 Å². The number of amides is 1. The number of methoxy groups -OCH3 is 4. The molecule has 8 nitrogen and oxygen atoms in total. The summed E-state index contributed by atoms with van der Waals surface area (Å²) in [7, 11) is 6.18. The number of esters is 1. The van der Waals surface area contributed by atoms with Gasteiger partial charge in [-0.05, 0) is 30.2 Å². The van der Waals surface area contributed by atoms with Gasteiger partial charge in [-0.25, -0.2) is 0 Å². The van der Waals surface area contributed by atoms with Gasteiger partial charge in [0.05, 0.1) is 28.4 Å². The molecule has 2 aromatic rings. The zero-order valence-electron chi connectivity index (χ0n) is 17.7. The normalized spacial score (nSPS) is 10.1. The van der Waals surface area contributed by atoms with Gasteiger partial charge in [-0.2, -0.15) is 0 Å². The Labute approximate surface area is 176 Å². The van der Waals surface area contributed by atoms with Crippen LogP contribution in [0.3, 0.4) is 0 Å². The quantitative estimate of drug-likeness (QED) is 0.562. The topological polar surface area (TPSA) is 92.3 Å². The predicted octanol–water partition coefficient (Wildman–Crippen LogP) is 2.51. The number of carbonyl (C=O) groups excluding carboxylic acids is 2. The molecule has 0 saturated heterocycles. The van der Waals surface area contributed by atoms with Crippen LogP contribution in [0.2, 0.25) is 0 Å². The maximum absolute atomic E-state index is 12.0. The number of aryl methyl sites for hydroxylation is 1. The van der Waals surface area contributed by atoms with Gasteiger partial charge in [0.25, 0.3) is 5.91 Å². The summed E-state index contributed by atoms with van der Waals surface area (Å²) in [5.74, 6) is 1.49. The SMILES string of the molecule is COc1ccc(CCC(=O)OCC(=O)NCc2cc(OC)c(OC)cc2OC)cc1. The van der Waals surface area contributed by atoms with Crippen LogP contribution in [0, 0.1) is 0 Å². The van der Waals surface area contributed by atoms with E-state index in [9.17, 15) is 9.59 Å². The fourth-order valence-corrected chi connectivity index (χ4v) is 2.73. The Hall–Kier alpha value is -3.42. The van der Waals surface area contributed by atoms with Crippen LogP contribution in [-0.2, 0) is 27.3 Å². The van der Waals surface area contributed by atoms with E-state index in [-0.39, 0.29) is 19.6 Å². The molecular weight excluding hydrogens is 390 g/mol. The smallest absolute Gasteiger partial charge is 0.306 e. The molecule has 1 N–H and O–H groups in total. The summed E-state index contributed by atoms with van der Waals surface area (Å²) in [6.07, 6.45) is 0.705. The van der Waals surface area contributed by atoms with Gasteiger partial charge in [0.1, 0.15) is 11.5 Å². The molecule has 0 radical (unpaired) electrons. The summed E-state index contributed by atoms with van der Waals surface area (Å²) in [6.45, 7) is -0.164. The Bertz CT molecular complexity index is 849. The first-order chi connectivity index (χ1) is 14.5. The van der Waals surface area contributed by atoms with Gasteiger partial charge in [0, 0.05) is 24.6 Å². The predicted molar refractivity (Wildman–Crippen MR) is 110 cm³/mol. The first-order valence-electron chi connectivity index (χ1n) is 9.34. The van der Waals surface area contributed by atoms with Gasteiger partial charge in [-0.1, -0.05) is 12.1 Å². The molecule has 0 aliphatic heterocycles. The van der Waals surface area contributed by atoms with E-state index in [2.05, 4.69) is 5.32 Å². The zero-order chi connectivity index (χ0) is 21.9. The second-order valence-electron chi connectivity index (χ2n) is 6.30. The molecule has 2 aromatic carbocycles. The molecule has 30 heavy (non-hydrogen) atoms. The summed E-state index contributed by atoms with van der Waals surface area (Å²) in [5.41, 5.74) is 1.69. The van der Waals surface area contributed by atoms with Gasteiger partial charge < -0.3 is 29.0 Å². The molecule has 0 aliphatic rings. The van der Waals surface area contributed by atoms with Crippen LogP contribution in [0.1, 0.15) is 17.5 Å². The first-order valence-corrected chi connectivity index (χ1v) is 9.34. The molecule has 1 amide bonds. The van der Waals surface area contributed by atoms with E-state index < -0.39 is 11.9 Å². The minimum atomic E-state index is -0.440. The highest BCUT2D eigenvalue weighted by atomic mass is 16.5. The molecule has 162 valence electrons. The van der Waals surface area contributed by atoms with Crippen LogP contribution in [0.25, 0.3) is 0 Å². The molecule has 8 heteroatoms. The third-order valence-electron chi connectivity index (χ3n) is 4.40. The third kappa shape index (κ3) is 6.58. The number of ether oxygens (including phenoxy) is 5. The highest BCUT2D eigenvalue weighted by Gasteiger charge is 2.13. The van der Waals surface area contributed by atoms with Crippen molar-refractivity contribution in [3.63, 3.8) is 0 Å². The van der Waals surface area contributed by atoms with Crippen molar-refractivity contribution in [2.75, 3.05) is 35.0 Å². The zero-order valence-corrected chi connectivity index (χ0v) is 17.7. The average molecular weight is 417 g/mol. The summed E-state index contributed by atoms with van der Waals surface area (Å²) in [4.78, 5) is 23.9. The second-order valence-corrected chi connectivity index (χ2v) is 6.30. The lowest BCUT2D eigenvalue weighted by Gasteiger charge is -2.14. The Morgan fingerprint density at radius 2 is 1.47 bits per heavy atom. The van der Waals surface area contributed by atoms with Crippen molar-refractivity contribution >= 4 is 11.9 Å². The molecule has 0 heterocycles. The van der Waals surface area contributed by atoms with Crippen molar-refractivity contribution < 1.29 is 33.3 Å². The van der Waals surface area contributed by atoms with Gasteiger partial charge in [0.2, 0.25) is 0 Å². The summed E-state index contributed by atoms with van der Waals surface area (Å²) in [6, 6.07) is 10.8. The standard InChI is InChI=1S/C22H27NO7/c1-26-17-8-5-15(6-9-17)7-10-22(25)30-14-21(24)23-13-16-11-19(28-3)20(29-4)12-18(16)27-2/h5-6,8-9,11-12H,7,10,13-14H2,1-4H3,(H,23,24). The Morgan fingerprint density at radius 3 is 2.07 bits per heavy atom. The average Bonchev–Trinajstić information content (AvgIpc) is 2.79. The number of carbonyl (C=O) groups is 2. The Morgan fingerprint density at radius 1 is 0.833 bits per heavy atom. The molecule has 0 fully saturated rings. The maximum Gasteiger partial charge on any atom is 0.306 e. The number of rotatable bonds is 11. The molecule has 0 aromatic heterocycles. The molecule has 2 rings (SSSR count). The lowest BCUT2D eigenvalue weighted by Crippen LogP contribution is -2.28. The van der Waals surface area contributed by atoms with E-state index in [4.69, 9.17) is 23.7 Å². The fourth-order valence-electron chi connectivity index (χ4n) is 2.73. The van der Waals surface area contributed by atoms with Crippen molar-refractivity contribution in [3.05, 3.63) is 47.5 Å². The molecule has 0 spiro atoms. The number of nitrogens with one attached hydrogen (secondary N) is 1. The van der Waals surface area contributed by atoms with E-state index in [0.717, 1.165) is 11.3 Å². The molecule has 0 unspecified atom stereocenters. The molecule has 0 aliphatic carbocycles. The van der Waals surface area contributed by atoms with E-state index in [1.54, 1.807) is 19.2 Å². The van der Waals surface area contributed by atoms with Crippen LogP contribution < -0.4 is 24.3 Å². The largest absolute Gasteiger partial charge is 0.497 e. The highest BCUT2D eigenvalue weighted by Crippen LogP contribution is 2.34. The van der Waals surface area contributed by atoms with E-state index in [0.29, 0.717) is 29.2 Å². The highest BCUT2D eigenvalue weighted by molar-refractivity contribution is 5.80. The van der Waals surface area contributed by atoms with E-state index in [1.807, 2.05) is 24.3 Å². The Balaban J connectivity index is 1.79. The van der Waals surface area contributed by atoms with Crippen LogP contribution in [-0.4, -0.2) is 46.9 Å². The number of benzene rings is 2. The Kier molecular flexibility index (Phi) is 8.80. The minimum absolute atomic E-state index is 0.184. The fraction of sp³-hybridized carbons (Fsp3) is 0.364. The number of hydrogen-bond donors (Lipinski definition) is 1. The van der Waals surface area contributed by atoms with Crippen molar-refractivity contribution in [1.82, 2.24) is 5.32 Å². The van der Waals surface area contributed by atoms with Crippen molar-refractivity contribution in [1.29, 1.82) is 0 Å². The van der Waals surface area contributed by atoms with Gasteiger partial charge in [-0.15, -0.1) is 0 Å². The van der Waals surface area contributed by atoms with Crippen molar-refractivity contribution in [3.8, 4) is 23.0 Å². The van der Waals surface area contributed by atoms with Crippen LogP contribution in [0.15, 0.2) is 36.4 Å². The molecule has 0 atom stereocenters.